The van der Waals surface area contributed by atoms with Crippen LogP contribution in [0.2, 0.25) is 0 Å². The second-order valence-electron chi connectivity index (χ2n) is 9.13. The minimum absolute atomic E-state index is 0.353. The number of rotatable bonds is 0. The van der Waals surface area contributed by atoms with Crippen LogP contribution in [0.3, 0.4) is 0 Å². The molecule has 1 heteroatoms. The Labute approximate surface area is 148 Å². The maximum absolute atomic E-state index is 4.92. The average molecular weight is 323 g/mol. The fourth-order valence-corrected chi connectivity index (χ4v) is 7.70. The van der Waals surface area contributed by atoms with E-state index in [1.165, 1.54) is 60.6 Å². The fourth-order valence-electron chi connectivity index (χ4n) is 7.70. The monoisotopic (exact) mass is 323 g/mol. The Morgan fingerprint density at radius 1 is 0.760 bits per heavy atom. The average Bonchev–Trinajstić information content (AvgIpc) is 3.30. The topological polar surface area (TPSA) is 12.9 Å². The summed E-state index contributed by atoms with van der Waals surface area (Å²) in [6.45, 7) is 0. The second-order valence-corrected chi connectivity index (χ2v) is 9.13. The van der Waals surface area contributed by atoms with Crippen molar-refractivity contribution in [3.05, 3.63) is 65.9 Å². The third-order valence-corrected chi connectivity index (χ3v) is 8.42. The van der Waals surface area contributed by atoms with Crippen LogP contribution in [0.1, 0.15) is 49.7 Å². The van der Waals surface area contributed by atoms with E-state index in [-0.39, 0.29) is 0 Å². The van der Waals surface area contributed by atoms with E-state index in [0.29, 0.717) is 16.2 Å². The molecule has 2 aromatic carbocycles. The van der Waals surface area contributed by atoms with Crippen LogP contribution in [0.5, 0.6) is 0 Å². The zero-order chi connectivity index (χ0) is 16.3. The number of pyridine rings is 1. The van der Waals surface area contributed by atoms with E-state index in [0.717, 1.165) is 0 Å². The molecule has 3 atom stereocenters. The molecule has 4 aliphatic rings. The van der Waals surface area contributed by atoms with Crippen LogP contribution < -0.4 is 0 Å². The number of benzene rings is 2. The van der Waals surface area contributed by atoms with E-state index in [1.54, 1.807) is 11.1 Å². The molecule has 7 rings (SSSR count). The third kappa shape index (κ3) is 1.22. The summed E-state index contributed by atoms with van der Waals surface area (Å²) in [4.78, 5) is 4.92. The minimum atomic E-state index is 0.353. The van der Waals surface area contributed by atoms with E-state index in [9.17, 15) is 0 Å². The maximum atomic E-state index is 4.92. The van der Waals surface area contributed by atoms with Crippen molar-refractivity contribution in [2.75, 3.05) is 0 Å². The Morgan fingerprint density at radius 2 is 1.60 bits per heavy atom. The van der Waals surface area contributed by atoms with Crippen LogP contribution in [0, 0.1) is 5.41 Å². The van der Waals surface area contributed by atoms with E-state index in [2.05, 4.69) is 48.5 Å². The first-order chi connectivity index (χ1) is 12.3. The fraction of sp³-hybridized carbons (Fsp3) is 0.375. The molecule has 0 aliphatic heterocycles. The quantitative estimate of drug-likeness (QED) is 0.512. The van der Waals surface area contributed by atoms with Crippen LogP contribution in [0.15, 0.2) is 54.7 Å². The van der Waals surface area contributed by atoms with Crippen molar-refractivity contribution in [2.45, 2.75) is 49.4 Å². The van der Waals surface area contributed by atoms with Crippen LogP contribution in [0.4, 0.5) is 0 Å². The summed E-state index contributed by atoms with van der Waals surface area (Å²) in [6, 6.07) is 18.3. The number of hydrogen-bond acceptors (Lipinski definition) is 1. The van der Waals surface area contributed by atoms with Crippen LogP contribution >= 0.6 is 0 Å². The van der Waals surface area contributed by atoms with Gasteiger partial charge in [-0.25, -0.2) is 0 Å². The lowest BCUT2D eigenvalue weighted by molar-refractivity contribution is 0.232. The molecule has 3 saturated carbocycles. The lowest BCUT2D eigenvalue weighted by atomic mass is 9.52. The summed E-state index contributed by atoms with van der Waals surface area (Å²) in [5.74, 6) is 0. The molecule has 122 valence electrons. The van der Waals surface area contributed by atoms with Crippen LogP contribution in [-0.4, -0.2) is 4.98 Å². The lowest BCUT2D eigenvalue weighted by Crippen LogP contribution is -2.47. The van der Waals surface area contributed by atoms with Crippen molar-refractivity contribution in [3.8, 4) is 11.3 Å². The Hall–Kier alpha value is -2.15. The second kappa shape index (κ2) is 3.82. The van der Waals surface area contributed by atoms with Gasteiger partial charge in [0.15, 0.2) is 0 Å². The van der Waals surface area contributed by atoms with Gasteiger partial charge < -0.3 is 0 Å². The molecule has 0 N–H and O–H groups in total. The first kappa shape index (κ1) is 13.1. The Morgan fingerprint density at radius 3 is 2.56 bits per heavy atom. The number of fused-ring (bicyclic) bond motifs is 5. The smallest absolute Gasteiger partial charge is 0.0743 e. The van der Waals surface area contributed by atoms with Crippen molar-refractivity contribution in [2.24, 2.45) is 5.41 Å². The summed E-state index contributed by atoms with van der Waals surface area (Å²) in [5.41, 5.74) is 7.24. The SMILES string of the molecule is c1cnc2c(c1)C13CCC4(CCC1(C4)c1c-2ccc2ccccc12)C3. The van der Waals surface area contributed by atoms with Crippen molar-refractivity contribution in [3.63, 3.8) is 0 Å². The molecule has 1 heterocycles. The molecule has 3 unspecified atom stereocenters. The van der Waals surface area contributed by atoms with Gasteiger partial charge in [-0.2, -0.15) is 0 Å². The van der Waals surface area contributed by atoms with Crippen molar-refractivity contribution >= 4 is 10.8 Å². The lowest BCUT2D eigenvalue weighted by Gasteiger charge is -2.51. The molecule has 1 aromatic heterocycles. The number of nitrogens with zero attached hydrogens (tertiary/aromatic N) is 1. The number of aromatic nitrogens is 1. The molecule has 3 fully saturated rings. The Bertz CT molecular complexity index is 1080. The highest BCUT2D eigenvalue weighted by molar-refractivity contribution is 5.95. The highest BCUT2D eigenvalue weighted by Gasteiger charge is 2.74. The van der Waals surface area contributed by atoms with Crippen molar-refractivity contribution in [1.29, 1.82) is 0 Å². The van der Waals surface area contributed by atoms with Crippen LogP contribution in [-0.2, 0) is 10.8 Å². The van der Waals surface area contributed by atoms with Gasteiger partial charge in [0.2, 0.25) is 0 Å². The predicted molar refractivity (Wildman–Crippen MR) is 101 cm³/mol. The van der Waals surface area contributed by atoms with Gasteiger partial charge in [-0.15, -0.1) is 0 Å². The van der Waals surface area contributed by atoms with Gasteiger partial charge in [-0.05, 0) is 71.9 Å². The summed E-state index contributed by atoms with van der Waals surface area (Å²) in [6.07, 6.45) is 10.4. The molecule has 0 saturated heterocycles. The molecular weight excluding hydrogens is 302 g/mol. The minimum Gasteiger partial charge on any atom is -0.256 e. The van der Waals surface area contributed by atoms with Crippen LogP contribution in [0.25, 0.3) is 22.0 Å². The van der Waals surface area contributed by atoms with Gasteiger partial charge in [-0.3, -0.25) is 4.98 Å². The highest BCUT2D eigenvalue weighted by Crippen LogP contribution is 2.80. The maximum Gasteiger partial charge on any atom is 0.0743 e. The first-order valence-electron chi connectivity index (χ1n) is 9.75. The van der Waals surface area contributed by atoms with E-state index < -0.39 is 0 Å². The van der Waals surface area contributed by atoms with Crippen molar-refractivity contribution in [1.82, 2.24) is 4.98 Å². The van der Waals surface area contributed by atoms with Gasteiger partial charge in [0.25, 0.3) is 0 Å². The predicted octanol–water partition coefficient (Wildman–Crippen LogP) is 5.76. The molecule has 1 nitrogen and oxygen atoms in total. The van der Waals surface area contributed by atoms with Crippen molar-refractivity contribution < 1.29 is 0 Å². The normalized spacial score (nSPS) is 36.3. The summed E-state index contributed by atoms with van der Waals surface area (Å²) >= 11 is 0. The Kier molecular flexibility index (Phi) is 2.00. The summed E-state index contributed by atoms with van der Waals surface area (Å²) in [7, 11) is 0. The molecule has 25 heavy (non-hydrogen) atoms. The molecule has 4 aliphatic carbocycles. The number of hydrogen-bond donors (Lipinski definition) is 0. The highest BCUT2D eigenvalue weighted by atomic mass is 14.8. The van der Waals surface area contributed by atoms with E-state index in [4.69, 9.17) is 4.98 Å². The largest absolute Gasteiger partial charge is 0.256 e. The zero-order valence-electron chi connectivity index (χ0n) is 14.4. The van der Waals surface area contributed by atoms with Gasteiger partial charge in [-0.1, -0.05) is 42.5 Å². The Balaban J connectivity index is 1.71. The van der Waals surface area contributed by atoms with Gasteiger partial charge in [0.1, 0.15) is 0 Å². The van der Waals surface area contributed by atoms with Gasteiger partial charge in [0.05, 0.1) is 5.69 Å². The zero-order valence-corrected chi connectivity index (χ0v) is 14.4. The van der Waals surface area contributed by atoms with E-state index >= 15 is 0 Å². The van der Waals surface area contributed by atoms with Gasteiger partial charge in [0, 0.05) is 22.6 Å². The summed E-state index contributed by atoms with van der Waals surface area (Å²) < 4.78 is 0. The molecule has 3 bridgehead atoms. The molecule has 0 radical (unpaired) electrons. The first-order valence-corrected chi connectivity index (χ1v) is 9.75. The molecular formula is C24H21N. The third-order valence-electron chi connectivity index (χ3n) is 8.42. The van der Waals surface area contributed by atoms with Gasteiger partial charge >= 0.3 is 0 Å². The summed E-state index contributed by atoms with van der Waals surface area (Å²) in [5, 5.41) is 2.88. The molecule has 0 amide bonds. The van der Waals surface area contributed by atoms with E-state index in [1.807, 2.05) is 6.20 Å². The molecule has 3 aromatic rings. The molecule has 3 spiro atoms. The standard InChI is InChI=1S/C24H21N/c1-2-5-17-16(4-1)7-8-18-20(17)24-12-10-22(15-24)9-11-23(24,14-22)19-6-3-13-25-21(18)19/h1-8,13H,9-12,14-15H2.